The molecule has 2 aliphatic rings. The van der Waals surface area contributed by atoms with Crippen LogP contribution in [0.25, 0.3) is 0 Å². The van der Waals surface area contributed by atoms with E-state index in [4.69, 9.17) is 4.98 Å². The van der Waals surface area contributed by atoms with Gasteiger partial charge in [-0.05, 0) is 50.3 Å². The van der Waals surface area contributed by atoms with Gasteiger partial charge in [0.2, 0.25) is 0 Å². The molecule has 3 heteroatoms. The number of rotatable bonds is 4. The highest BCUT2D eigenvalue weighted by Crippen LogP contribution is 2.22. The molecule has 19 heavy (non-hydrogen) atoms. The van der Waals surface area contributed by atoms with Crippen LogP contribution < -0.4 is 10.2 Å². The van der Waals surface area contributed by atoms with E-state index in [2.05, 4.69) is 29.3 Å². The normalized spacial score (nSPS) is 20.4. The second-order valence-electron chi connectivity index (χ2n) is 6.03. The maximum Gasteiger partial charge on any atom is 0.129 e. The zero-order valence-electron chi connectivity index (χ0n) is 12.0. The van der Waals surface area contributed by atoms with Crippen LogP contribution in [0.4, 0.5) is 5.82 Å². The topological polar surface area (TPSA) is 28.2 Å². The predicted octanol–water partition coefficient (Wildman–Crippen LogP) is 3.02. The summed E-state index contributed by atoms with van der Waals surface area (Å²) in [4.78, 5) is 7.21. The largest absolute Gasteiger partial charge is 0.357 e. The van der Waals surface area contributed by atoms with Gasteiger partial charge in [-0.25, -0.2) is 4.98 Å². The maximum absolute atomic E-state index is 4.74. The van der Waals surface area contributed by atoms with E-state index in [-0.39, 0.29) is 0 Å². The molecule has 1 N–H and O–H groups in total. The zero-order valence-corrected chi connectivity index (χ0v) is 12.0. The Morgan fingerprint density at radius 3 is 2.58 bits per heavy atom. The van der Waals surface area contributed by atoms with E-state index in [1.165, 1.54) is 63.0 Å². The van der Waals surface area contributed by atoms with Crippen molar-refractivity contribution in [1.82, 2.24) is 10.3 Å². The molecule has 0 radical (unpaired) electrons. The minimum absolute atomic E-state index is 0.773. The lowest BCUT2D eigenvalue weighted by molar-refractivity contribution is 0.685. The molecular weight excluding hydrogens is 234 g/mol. The number of hydrogen-bond donors (Lipinski definition) is 1. The van der Waals surface area contributed by atoms with Crippen molar-refractivity contribution in [3.05, 3.63) is 23.4 Å². The third kappa shape index (κ3) is 3.69. The lowest BCUT2D eigenvalue weighted by Crippen LogP contribution is -2.25. The molecule has 1 aromatic heterocycles. The van der Waals surface area contributed by atoms with E-state index >= 15 is 0 Å². The minimum atomic E-state index is 0.773. The molecule has 0 aromatic carbocycles. The lowest BCUT2D eigenvalue weighted by atomic mass is 10.2. The average Bonchev–Trinajstić information content (AvgIpc) is 3.23. The van der Waals surface area contributed by atoms with Crippen LogP contribution in [-0.2, 0) is 6.54 Å². The second-order valence-corrected chi connectivity index (χ2v) is 6.03. The van der Waals surface area contributed by atoms with Crippen LogP contribution in [0.2, 0.25) is 0 Å². The SMILES string of the molecule is Cc1cc(CNC2CC2)cc(N2CCCCCC2)n1. The quantitative estimate of drug-likeness (QED) is 0.901. The van der Waals surface area contributed by atoms with Crippen molar-refractivity contribution in [2.45, 2.75) is 58.0 Å². The predicted molar refractivity (Wildman–Crippen MR) is 79.5 cm³/mol. The summed E-state index contributed by atoms with van der Waals surface area (Å²) in [6.07, 6.45) is 8.07. The maximum atomic E-state index is 4.74. The zero-order chi connectivity index (χ0) is 13.1. The summed E-state index contributed by atoms with van der Waals surface area (Å²) in [6, 6.07) is 5.28. The van der Waals surface area contributed by atoms with Gasteiger partial charge >= 0.3 is 0 Å². The molecular formula is C16H25N3. The van der Waals surface area contributed by atoms with Gasteiger partial charge in [0.1, 0.15) is 5.82 Å². The second kappa shape index (κ2) is 5.91. The first-order valence-electron chi connectivity index (χ1n) is 7.77. The van der Waals surface area contributed by atoms with Gasteiger partial charge in [0.05, 0.1) is 0 Å². The molecule has 0 amide bonds. The van der Waals surface area contributed by atoms with E-state index in [1.54, 1.807) is 0 Å². The van der Waals surface area contributed by atoms with Crippen molar-refractivity contribution in [2.75, 3.05) is 18.0 Å². The molecule has 1 aliphatic heterocycles. The third-order valence-electron chi connectivity index (χ3n) is 4.10. The number of aryl methyl sites for hydroxylation is 1. The van der Waals surface area contributed by atoms with Gasteiger partial charge in [0.15, 0.2) is 0 Å². The van der Waals surface area contributed by atoms with Crippen molar-refractivity contribution in [1.29, 1.82) is 0 Å². The first kappa shape index (κ1) is 12.9. The fourth-order valence-electron chi connectivity index (χ4n) is 2.83. The molecule has 0 bridgehead atoms. The first-order chi connectivity index (χ1) is 9.31. The van der Waals surface area contributed by atoms with E-state index in [9.17, 15) is 0 Å². The minimum Gasteiger partial charge on any atom is -0.357 e. The number of nitrogens with zero attached hydrogens (tertiary/aromatic N) is 2. The lowest BCUT2D eigenvalue weighted by Gasteiger charge is -2.22. The summed E-state index contributed by atoms with van der Waals surface area (Å²) >= 11 is 0. The molecule has 3 nitrogen and oxygen atoms in total. The monoisotopic (exact) mass is 259 g/mol. The number of nitrogens with one attached hydrogen (secondary N) is 1. The molecule has 1 saturated carbocycles. The Hall–Kier alpha value is -1.09. The van der Waals surface area contributed by atoms with Gasteiger partial charge in [-0.2, -0.15) is 0 Å². The van der Waals surface area contributed by atoms with Gasteiger partial charge in [0, 0.05) is 31.4 Å². The number of pyridine rings is 1. The molecule has 1 aromatic rings. The van der Waals surface area contributed by atoms with Gasteiger partial charge in [0.25, 0.3) is 0 Å². The molecule has 0 unspecified atom stereocenters. The van der Waals surface area contributed by atoms with E-state index in [0.29, 0.717) is 0 Å². The molecule has 1 aliphatic carbocycles. The number of aromatic nitrogens is 1. The molecule has 0 spiro atoms. The van der Waals surface area contributed by atoms with Crippen LogP contribution >= 0.6 is 0 Å². The van der Waals surface area contributed by atoms with Crippen molar-refractivity contribution in [2.24, 2.45) is 0 Å². The molecule has 2 heterocycles. The Balaban J connectivity index is 1.71. The average molecular weight is 259 g/mol. The van der Waals surface area contributed by atoms with Crippen LogP contribution in [0.5, 0.6) is 0 Å². The van der Waals surface area contributed by atoms with Crippen LogP contribution in [-0.4, -0.2) is 24.1 Å². The van der Waals surface area contributed by atoms with Crippen LogP contribution in [0.3, 0.4) is 0 Å². The highest BCUT2D eigenvalue weighted by atomic mass is 15.2. The molecule has 104 valence electrons. The Labute approximate surface area is 116 Å². The summed E-state index contributed by atoms with van der Waals surface area (Å²) in [5.41, 5.74) is 2.54. The van der Waals surface area contributed by atoms with Gasteiger partial charge < -0.3 is 10.2 Å². The van der Waals surface area contributed by atoms with Crippen LogP contribution in [0.15, 0.2) is 12.1 Å². The van der Waals surface area contributed by atoms with Crippen molar-refractivity contribution >= 4 is 5.82 Å². The fourth-order valence-corrected chi connectivity index (χ4v) is 2.83. The summed E-state index contributed by atoms with van der Waals surface area (Å²) in [7, 11) is 0. The van der Waals surface area contributed by atoms with Gasteiger partial charge in [-0.1, -0.05) is 12.8 Å². The van der Waals surface area contributed by atoms with Crippen molar-refractivity contribution < 1.29 is 0 Å². The summed E-state index contributed by atoms with van der Waals surface area (Å²) in [5.74, 6) is 1.19. The molecule has 3 rings (SSSR count). The smallest absolute Gasteiger partial charge is 0.129 e. The number of hydrogen-bond acceptors (Lipinski definition) is 3. The Kier molecular flexibility index (Phi) is 4.02. The fraction of sp³-hybridized carbons (Fsp3) is 0.688. The standard InChI is InChI=1S/C16H25N3/c1-13-10-14(12-17-15-6-7-15)11-16(18-13)19-8-4-2-3-5-9-19/h10-11,15,17H,2-9,12H2,1H3. The van der Waals surface area contributed by atoms with Crippen molar-refractivity contribution in [3.63, 3.8) is 0 Å². The van der Waals surface area contributed by atoms with Crippen molar-refractivity contribution in [3.8, 4) is 0 Å². The first-order valence-corrected chi connectivity index (χ1v) is 7.77. The Morgan fingerprint density at radius 1 is 1.16 bits per heavy atom. The third-order valence-corrected chi connectivity index (χ3v) is 4.10. The highest BCUT2D eigenvalue weighted by Gasteiger charge is 2.20. The van der Waals surface area contributed by atoms with E-state index < -0.39 is 0 Å². The summed E-state index contributed by atoms with van der Waals surface area (Å²) in [5, 5.41) is 3.60. The van der Waals surface area contributed by atoms with Crippen LogP contribution in [0.1, 0.15) is 49.8 Å². The van der Waals surface area contributed by atoms with Gasteiger partial charge in [-0.3, -0.25) is 0 Å². The Bertz CT molecular complexity index is 418. The Morgan fingerprint density at radius 2 is 1.89 bits per heavy atom. The molecule has 2 fully saturated rings. The van der Waals surface area contributed by atoms with E-state index in [1.807, 2.05) is 0 Å². The summed E-state index contributed by atoms with van der Waals surface area (Å²) in [6.45, 7) is 5.45. The summed E-state index contributed by atoms with van der Waals surface area (Å²) < 4.78 is 0. The number of anilines is 1. The van der Waals surface area contributed by atoms with Crippen LogP contribution in [0, 0.1) is 6.92 Å². The van der Waals surface area contributed by atoms with E-state index in [0.717, 1.165) is 18.3 Å². The molecule has 0 atom stereocenters. The van der Waals surface area contributed by atoms with Gasteiger partial charge in [-0.15, -0.1) is 0 Å². The highest BCUT2D eigenvalue weighted by molar-refractivity contribution is 5.42. The molecule has 1 saturated heterocycles.